The molecule has 0 bridgehead atoms. The first kappa shape index (κ1) is 23.5. The Morgan fingerprint density at radius 3 is 2.76 bits per heavy atom. The average molecular weight is 484 g/mol. The number of carbonyl (C=O) groups excluding carboxylic acids is 1. The Labute approximate surface area is 199 Å². The second-order valence-electron chi connectivity index (χ2n) is 7.48. The van der Waals surface area contributed by atoms with Crippen LogP contribution in [0, 0.1) is 6.92 Å². The van der Waals surface area contributed by atoms with Gasteiger partial charge in [0.05, 0.1) is 30.5 Å². The van der Waals surface area contributed by atoms with Gasteiger partial charge in [-0.1, -0.05) is 17.7 Å². The van der Waals surface area contributed by atoms with Crippen LogP contribution < -0.4 is 10.1 Å². The van der Waals surface area contributed by atoms with Crippen molar-refractivity contribution < 1.29 is 19.4 Å². The van der Waals surface area contributed by atoms with Crippen LogP contribution in [-0.2, 0) is 9.53 Å². The molecule has 4 aromatic rings. The molecule has 0 saturated carbocycles. The van der Waals surface area contributed by atoms with Gasteiger partial charge in [-0.25, -0.2) is 19.9 Å². The molecule has 4 rings (SSSR count). The zero-order chi connectivity index (χ0) is 24.1. The molecular weight excluding hydrogens is 462 g/mol. The molecule has 2 unspecified atom stereocenters. The highest BCUT2D eigenvalue weighted by atomic mass is 35.5. The molecule has 2 atom stereocenters. The van der Waals surface area contributed by atoms with E-state index in [-0.39, 0.29) is 19.1 Å². The Bertz CT molecular complexity index is 1280. The highest BCUT2D eigenvalue weighted by molar-refractivity contribution is 6.32. The third kappa shape index (κ3) is 5.45. The van der Waals surface area contributed by atoms with Crippen LogP contribution in [0.1, 0.15) is 12.5 Å². The van der Waals surface area contributed by atoms with Gasteiger partial charge in [0.15, 0.2) is 11.5 Å². The van der Waals surface area contributed by atoms with Gasteiger partial charge in [0, 0.05) is 12.4 Å². The molecule has 2 N–H and O–H groups in total. The predicted molar refractivity (Wildman–Crippen MR) is 124 cm³/mol. The van der Waals surface area contributed by atoms with Gasteiger partial charge in [-0.3, -0.25) is 4.79 Å². The summed E-state index contributed by atoms with van der Waals surface area (Å²) in [6, 6.07) is 6.91. The smallest absolute Gasteiger partial charge is 0.269 e. The highest BCUT2D eigenvalue weighted by Gasteiger charge is 2.25. The van der Waals surface area contributed by atoms with Crippen molar-refractivity contribution in [2.24, 2.45) is 0 Å². The molecule has 0 aliphatic rings. The number of nitrogens with zero attached hydrogens (tertiary/aromatic N) is 6. The number of amides is 1. The molecule has 176 valence electrons. The fraction of sp³-hybridized carbons (Fsp3) is 0.273. The van der Waals surface area contributed by atoms with E-state index < -0.39 is 18.1 Å². The van der Waals surface area contributed by atoms with Crippen molar-refractivity contribution in [2.75, 3.05) is 18.5 Å². The van der Waals surface area contributed by atoms with Crippen molar-refractivity contribution in [3.05, 3.63) is 59.8 Å². The maximum Gasteiger partial charge on any atom is 0.269 e. The number of nitrogens with one attached hydrogen (secondary N) is 1. The van der Waals surface area contributed by atoms with Crippen molar-refractivity contribution in [3.63, 3.8) is 0 Å². The quantitative estimate of drug-likeness (QED) is 0.367. The molecule has 0 aliphatic carbocycles. The van der Waals surface area contributed by atoms with Crippen molar-refractivity contribution >= 4 is 34.4 Å². The second-order valence-corrected chi connectivity index (χ2v) is 7.89. The van der Waals surface area contributed by atoms with Crippen molar-refractivity contribution in [1.82, 2.24) is 29.7 Å². The number of carbonyl (C=O) groups is 1. The number of pyridine rings is 2. The summed E-state index contributed by atoms with van der Waals surface area (Å²) in [5.41, 5.74) is 1.36. The molecular formula is C22H22ClN7O4. The molecule has 0 fully saturated rings. The minimum atomic E-state index is -1.10. The molecule has 34 heavy (non-hydrogen) atoms. The monoisotopic (exact) mass is 483 g/mol. The lowest BCUT2D eigenvalue weighted by Gasteiger charge is -2.19. The van der Waals surface area contributed by atoms with Gasteiger partial charge in [-0.2, -0.15) is 9.78 Å². The summed E-state index contributed by atoms with van der Waals surface area (Å²) in [5.74, 6) is 0.392. The van der Waals surface area contributed by atoms with Gasteiger partial charge in [0.1, 0.15) is 17.5 Å². The number of ether oxygens (including phenoxy) is 2. The van der Waals surface area contributed by atoms with Crippen molar-refractivity contribution in [3.8, 4) is 11.7 Å². The third-order valence-electron chi connectivity index (χ3n) is 4.61. The summed E-state index contributed by atoms with van der Waals surface area (Å²) in [4.78, 5) is 29.9. The number of halogens is 1. The first-order valence-electron chi connectivity index (χ1n) is 10.4. The van der Waals surface area contributed by atoms with Crippen LogP contribution in [-0.4, -0.2) is 66.2 Å². The van der Waals surface area contributed by atoms with Gasteiger partial charge in [-0.15, -0.1) is 0 Å². The number of aliphatic hydroxyl groups excluding tert-OH is 1. The van der Waals surface area contributed by atoms with Crippen molar-refractivity contribution in [2.45, 2.75) is 26.1 Å². The summed E-state index contributed by atoms with van der Waals surface area (Å²) in [6.45, 7) is 3.38. The zero-order valence-electron chi connectivity index (χ0n) is 18.4. The Hall–Kier alpha value is -3.67. The first-order valence-corrected chi connectivity index (χ1v) is 10.8. The number of anilines is 1. The van der Waals surface area contributed by atoms with E-state index in [1.807, 2.05) is 13.0 Å². The summed E-state index contributed by atoms with van der Waals surface area (Å²) in [6.07, 6.45) is 4.23. The molecule has 0 saturated heterocycles. The van der Waals surface area contributed by atoms with E-state index in [9.17, 15) is 9.90 Å². The molecule has 0 aliphatic heterocycles. The van der Waals surface area contributed by atoms with E-state index in [1.54, 1.807) is 37.5 Å². The van der Waals surface area contributed by atoms with Crippen LogP contribution in [0.4, 0.5) is 5.82 Å². The Balaban J connectivity index is 1.61. The molecule has 4 heterocycles. The number of fused-ring (bicyclic) bond motifs is 1. The van der Waals surface area contributed by atoms with Gasteiger partial charge < -0.3 is 19.9 Å². The molecule has 4 aromatic heterocycles. The summed E-state index contributed by atoms with van der Waals surface area (Å²) in [5, 5.41) is 17.4. The summed E-state index contributed by atoms with van der Waals surface area (Å²) < 4.78 is 12.9. The van der Waals surface area contributed by atoms with Crippen LogP contribution in [0.5, 0.6) is 5.88 Å². The maximum atomic E-state index is 13.0. The van der Waals surface area contributed by atoms with E-state index >= 15 is 0 Å². The lowest BCUT2D eigenvalue weighted by molar-refractivity contribution is -0.126. The van der Waals surface area contributed by atoms with Gasteiger partial charge in [-0.05, 0) is 37.6 Å². The standard InChI is InChI=1S/C22H22ClN7O4/c1-13-5-6-18(25-8-13)29-21(32)17(11-33-10-14(2)31)34-22-15-9-28-30(19(15)26-12-27-22)20-16(23)4-3-7-24-20/h3-9,12,14,17,31H,10-11H2,1-2H3,(H,25,29,32). The van der Waals surface area contributed by atoms with Gasteiger partial charge in [0.2, 0.25) is 12.0 Å². The molecule has 12 heteroatoms. The normalized spacial score (nSPS) is 12.9. The van der Waals surface area contributed by atoms with Crippen LogP contribution in [0.3, 0.4) is 0 Å². The lowest BCUT2D eigenvalue weighted by atomic mass is 10.3. The zero-order valence-corrected chi connectivity index (χ0v) is 19.2. The van der Waals surface area contributed by atoms with Crippen LogP contribution in [0.25, 0.3) is 16.9 Å². The maximum absolute atomic E-state index is 13.0. The van der Waals surface area contributed by atoms with Gasteiger partial charge >= 0.3 is 0 Å². The molecule has 0 spiro atoms. The second kappa shape index (κ2) is 10.5. The lowest BCUT2D eigenvalue weighted by Crippen LogP contribution is -2.38. The van der Waals surface area contributed by atoms with Crippen LogP contribution >= 0.6 is 11.6 Å². The fourth-order valence-corrected chi connectivity index (χ4v) is 3.20. The third-order valence-corrected chi connectivity index (χ3v) is 4.90. The minimum Gasteiger partial charge on any atom is -0.461 e. The van der Waals surface area contributed by atoms with E-state index in [0.29, 0.717) is 27.7 Å². The Kier molecular flexibility index (Phi) is 7.26. The van der Waals surface area contributed by atoms with E-state index in [1.165, 1.54) is 17.2 Å². The fourth-order valence-electron chi connectivity index (χ4n) is 3.00. The molecule has 11 nitrogen and oxygen atoms in total. The number of aromatic nitrogens is 6. The summed E-state index contributed by atoms with van der Waals surface area (Å²) >= 11 is 6.26. The van der Waals surface area contributed by atoms with E-state index in [2.05, 4.69) is 30.4 Å². The number of aryl methyl sites for hydroxylation is 1. The van der Waals surface area contributed by atoms with E-state index in [0.717, 1.165) is 5.56 Å². The van der Waals surface area contributed by atoms with Crippen LogP contribution in [0.15, 0.2) is 49.2 Å². The Morgan fingerprint density at radius 2 is 2.03 bits per heavy atom. The SMILES string of the molecule is Cc1ccc(NC(=O)C(COCC(C)O)Oc2ncnc3c2cnn3-c2ncccc2Cl)nc1. The largest absolute Gasteiger partial charge is 0.461 e. The minimum absolute atomic E-state index is 0.0330. The number of hydrogen-bond donors (Lipinski definition) is 2. The number of rotatable bonds is 9. The van der Waals surface area contributed by atoms with Gasteiger partial charge in [0.25, 0.3) is 5.91 Å². The molecule has 1 amide bonds. The summed E-state index contributed by atoms with van der Waals surface area (Å²) in [7, 11) is 0. The molecule has 0 aromatic carbocycles. The van der Waals surface area contributed by atoms with Crippen molar-refractivity contribution in [1.29, 1.82) is 0 Å². The van der Waals surface area contributed by atoms with E-state index in [4.69, 9.17) is 21.1 Å². The highest BCUT2D eigenvalue weighted by Crippen LogP contribution is 2.26. The number of hydrogen-bond acceptors (Lipinski definition) is 9. The molecule has 0 radical (unpaired) electrons. The number of aliphatic hydroxyl groups is 1. The van der Waals surface area contributed by atoms with Crippen LogP contribution in [0.2, 0.25) is 5.02 Å². The topological polar surface area (TPSA) is 137 Å². The average Bonchev–Trinajstić information content (AvgIpc) is 3.25. The first-order chi connectivity index (χ1) is 16.4. The Morgan fingerprint density at radius 1 is 1.18 bits per heavy atom. The predicted octanol–water partition coefficient (Wildman–Crippen LogP) is 2.35.